The van der Waals surface area contributed by atoms with Gasteiger partial charge < -0.3 is 9.52 Å². The first kappa shape index (κ1) is 9.64. The maximum absolute atomic E-state index is 13.2. The summed E-state index contributed by atoms with van der Waals surface area (Å²) in [5.41, 5.74) is 0.494. The van der Waals surface area contributed by atoms with Crippen LogP contribution in [0.4, 0.5) is 4.39 Å². The molecule has 0 saturated carbocycles. The van der Waals surface area contributed by atoms with Crippen molar-refractivity contribution in [3.8, 4) is 0 Å². The number of aliphatic carboxylic acids is 1. The Morgan fingerprint density at radius 3 is 3.00 bits per heavy atom. The van der Waals surface area contributed by atoms with Crippen LogP contribution in [0.2, 0.25) is 0 Å². The summed E-state index contributed by atoms with van der Waals surface area (Å²) in [5, 5.41) is 8.46. The molecular weight excluding hydrogens is 201 g/mol. The highest BCUT2D eigenvalue weighted by molar-refractivity contribution is 5.73. The predicted molar refractivity (Wildman–Crippen MR) is 49.9 cm³/mol. The fourth-order valence-corrected chi connectivity index (χ4v) is 1.28. The highest BCUT2D eigenvalue weighted by atomic mass is 19.1. The molecule has 1 N–H and O–H groups in total. The molecule has 15 heavy (non-hydrogen) atoms. The Kier molecular flexibility index (Phi) is 2.37. The van der Waals surface area contributed by atoms with Crippen LogP contribution in [-0.2, 0) is 11.2 Å². The van der Waals surface area contributed by atoms with Crippen molar-refractivity contribution in [2.24, 2.45) is 0 Å². The molecule has 0 amide bonds. The third-order valence-electron chi connectivity index (χ3n) is 1.97. The maximum atomic E-state index is 13.2. The summed E-state index contributed by atoms with van der Waals surface area (Å²) in [6.45, 7) is 0. The molecular formula is C10H8FNO3. The van der Waals surface area contributed by atoms with Gasteiger partial charge in [0.1, 0.15) is 5.52 Å². The van der Waals surface area contributed by atoms with Gasteiger partial charge in [-0.3, -0.25) is 4.79 Å². The molecule has 0 spiro atoms. The summed E-state index contributed by atoms with van der Waals surface area (Å²) in [5.74, 6) is -1.15. The Bertz CT molecular complexity index is 506. The van der Waals surface area contributed by atoms with Crippen molar-refractivity contribution in [1.82, 2.24) is 4.98 Å². The van der Waals surface area contributed by atoms with Crippen LogP contribution >= 0.6 is 0 Å². The SMILES string of the molecule is O=C(O)CCc1nc2c(F)cccc2o1. The molecule has 0 saturated heterocycles. The van der Waals surface area contributed by atoms with E-state index in [0.717, 1.165) is 0 Å². The number of rotatable bonds is 3. The minimum atomic E-state index is -0.933. The molecule has 0 aliphatic rings. The second-order valence-electron chi connectivity index (χ2n) is 3.09. The molecule has 1 aromatic heterocycles. The fraction of sp³-hybridized carbons (Fsp3) is 0.200. The van der Waals surface area contributed by atoms with Crippen LogP contribution in [0.5, 0.6) is 0 Å². The summed E-state index contributed by atoms with van der Waals surface area (Å²) >= 11 is 0. The standard InChI is InChI=1S/C10H8FNO3/c11-6-2-1-3-7-10(6)12-8(15-7)4-5-9(13)14/h1-3H,4-5H2,(H,13,14). The van der Waals surface area contributed by atoms with Crippen LogP contribution in [0.25, 0.3) is 11.1 Å². The van der Waals surface area contributed by atoms with E-state index < -0.39 is 11.8 Å². The van der Waals surface area contributed by atoms with E-state index in [2.05, 4.69) is 4.98 Å². The number of hydrogen-bond donors (Lipinski definition) is 1. The second kappa shape index (κ2) is 3.68. The summed E-state index contributed by atoms with van der Waals surface area (Å²) < 4.78 is 18.3. The zero-order valence-corrected chi connectivity index (χ0v) is 7.74. The highest BCUT2D eigenvalue weighted by Gasteiger charge is 2.10. The molecule has 78 valence electrons. The summed E-state index contributed by atoms with van der Waals surface area (Å²) in [4.78, 5) is 14.2. The van der Waals surface area contributed by atoms with Crippen LogP contribution < -0.4 is 0 Å². The highest BCUT2D eigenvalue weighted by Crippen LogP contribution is 2.18. The third kappa shape index (κ3) is 1.96. The van der Waals surface area contributed by atoms with Crippen molar-refractivity contribution in [1.29, 1.82) is 0 Å². The average molecular weight is 209 g/mol. The van der Waals surface area contributed by atoms with Gasteiger partial charge in [0.25, 0.3) is 0 Å². The molecule has 0 atom stereocenters. The van der Waals surface area contributed by atoms with Gasteiger partial charge in [0, 0.05) is 6.42 Å². The van der Waals surface area contributed by atoms with Gasteiger partial charge in [-0.2, -0.15) is 0 Å². The number of para-hydroxylation sites is 1. The zero-order chi connectivity index (χ0) is 10.8. The van der Waals surface area contributed by atoms with Gasteiger partial charge >= 0.3 is 5.97 Å². The van der Waals surface area contributed by atoms with E-state index in [-0.39, 0.29) is 24.2 Å². The minimum Gasteiger partial charge on any atom is -0.481 e. The maximum Gasteiger partial charge on any atom is 0.303 e. The number of aromatic nitrogens is 1. The lowest BCUT2D eigenvalue weighted by molar-refractivity contribution is -0.137. The van der Waals surface area contributed by atoms with E-state index in [1.54, 1.807) is 6.07 Å². The van der Waals surface area contributed by atoms with E-state index in [9.17, 15) is 9.18 Å². The lowest BCUT2D eigenvalue weighted by Crippen LogP contribution is -1.97. The summed E-state index contributed by atoms with van der Waals surface area (Å²) in [7, 11) is 0. The number of halogens is 1. The molecule has 0 radical (unpaired) electrons. The zero-order valence-electron chi connectivity index (χ0n) is 7.74. The molecule has 1 aromatic carbocycles. The quantitative estimate of drug-likeness (QED) is 0.839. The van der Waals surface area contributed by atoms with Gasteiger partial charge in [0.05, 0.1) is 6.42 Å². The number of aryl methyl sites for hydroxylation is 1. The van der Waals surface area contributed by atoms with Crippen molar-refractivity contribution in [2.75, 3.05) is 0 Å². The largest absolute Gasteiger partial charge is 0.481 e. The smallest absolute Gasteiger partial charge is 0.303 e. The number of oxazole rings is 1. The minimum absolute atomic E-state index is 0.0750. The van der Waals surface area contributed by atoms with E-state index in [0.29, 0.717) is 5.58 Å². The second-order valence-corrected chi connectivity index (χ2v) is 3.09. The number of fused-ring (bicyclic) bond motifs is 1. The monoisotopic (exact) mass is 209 g/mol. The number of carbonyl (C=O) groups is 1. The third-order valence-corrected chi connectivity index (χ3v) is 1.97. The predicted octanol–water partition coefficient (Wildman–Crippen LogP) is 1.98. The van der Waals surface area contributed by atoms with Gasteiger partial charge in [0.2, 0.25) is 0 Å². The van der Waals surface area contributed by atoms with Crippen LogP contribution in [0.3, 0.4) is 0 Å². The topological polar surface area (TPSA) is 63.3 Å². The Hall–Kier alpha value is -1.91. The van der Waals surface area contributed by atoms with E-state index in [1.165, 1.54) is 12.1 Å². The lowest BCUT2D eigenvalue weighted by Gasteiger charge is -1.88. The first-order valence-corrected chi connectivity index (χ1v) is 4.42. The van der Waals surface area contributed by atoms with Crippen molar-refractivity contribution in [2.45, 2.75) is 12.8 Å². The number of benzene rings is 1. The summed E-state index contributed by atoms with van der Waals surface area (Å²) in [6.07, 6.45) is 0.0951. The van der Waals surface area contributed by atoms with Crippen LogP contribution in [0.1, 0.15) is 12.3 Å². The molecule has 2 rings (SSSR count). The normalized spacial score (nSPS) is 10.7. The van der Waals surface area contributed by atoms with Gasteiger partial charge in [0.15, 0.2) is 17.3 Å². The molecule has 0 fully saturated rings. The Morgan fingerprint density at radius 1 is 1.53 bits per heavy atom. The van der Waals surface area contributed by atoms with Crippen LogP contribution in [-0.4, -0.2) is 16.1 Å². The molecule has 0 bridgehead atoms. The van der Waals surface area contributed by atoms with Crippen molar-refractivity contribution in [3.63, 3.8) is 0 Å². The Morgan fingerprint density at radius 2 is 2.33 bits per heavy atom. The molecule has 4 nitrogen and oxygen atoms in total. The fourth-order valence-electron chi connectivity index (χ4n) is 1.28. The van der Waals surface area contributed by atoms with Crippen LogP contribution in [0, 0.1) is 5.82 Å². The van der Waals surface area contributed by atoms with E-state index in [1.807, 2.05) is 0 Å². The number of hydrogen-bond acceptors (Lipinski definition) is 3. The summed E-state index contributed by atoms with van der Waals surface area (Å²) in [6, 6.07) is 4.39. The number of carboxylic acids is 1. The van der Waals surface area contributed by atoms with Gasteiger partial charge in [-0.05, 0) is 12.1 Å². The van der Waals surface area contributed by atoms with Gasteiger partial charge in [-0.25, -0.2) is 9.37 Å². The van der Waals surface area contributed by atoms with E-state index in [4.69, 9.17) is 9.52 Å². The molecule has 0 unspecified atom stereocenters. The van der Waals surface area contributed by atoms with Crippen LogP contribution in [0.15, 0.2) is 22.6 Å². The first-order chi connectivity index (χ1) is 7.16. The Balaban J connectivity index is 2.31. The van der Waals surface area contributed by atoms with Crippen molar-refractivity contribution in [3.05, 3.63) is 29.9 Å². The molecule has 0 aliphatic heterocycles. The van der Waals surface area contributed by atoms with Gasteiger partial charge in [-0.1, -0.05) is 6.07 Å². The number of nitrogens with zero attached hydrogens (tertiary/aromatic N) is 1. The molecule has 5 heteroatoms. The molecule has 1 heterocycles. The van der Waals surface area contributed by atoms with E-state index >= 15 is 0 Å². The van der Waals surface area contributed by atoms with Crippen molar-refractivity contribution < 1.29 is 18.7 Å². The number of carboxylic acid groups (broad SMARTS) is 1. The molecule has 2 aromatic rings. The average Bonchev–Trinajstić information content (AvgIpc) is 2.59. The lowest BCUT2D eigenvalue weighted by atomic mass is 10.3. The molecule has 0 aliphatic carbocycles. The Labute approximate surface area is 84.3 Å². The van der Waals surface area contributed by atoms with Crippen molar-refractivity contribution >= 4 is 17.1 Å². The first-order valence-electron chi connectivity index (χ1n) is 4.42. The van der Waals surface area contributed by atoms with Gasteiger partial charge in [-0.15, -0.1) is 0 Å².